The minimum absolute atomic E-state index is 0.723. The highest BCUT2D eigenvalue weighted by molar-refractivity contribution is 5.78. The molecule has 3 aromatic rings. The fourth-order valence-electron chi connectivity index (χ4n) is 2.34. The average molecular weight is 282 g/mol. The van der Waals surface area contributed by atoms with Gasteiger partial charge in [-0.1, -0.05) is 6.07 Å². The predicted octanol–water partition coefficient (Wildman–Crippen LogP) is 2.45. The molecule has 1 aliphatic rings. The number of benzene rings is 2. The van der Waals surface area contributed by atoms with Gasteiger partial charge in [-0.2, -0.15) is 0 Å². The fourth-order valence-corrected chi connectivity index (χ4v) is 2.34. The Kier molecular flexibility index (Phi) is 3.50. The van der Waals surface area contributed by atoms with Gasteiger partial charge in [-0.3, -0.25) is 0 Å². The Morgan fingerprint density at radius 3 is 2.57 bits per heavy atom. The van der Waals surface area contributed by atoms with Crippen molar-refractivity contribution in [1.29, 1.82) is 0 Å². The number of aromatic nitrogens is 2. The van der Waals surface area contributed by atoms with E-state index in [0.717, 1.165) is 35.6 Å². The van der Waals surface area contributed by atoms with Gasteiger partial charge < -0.3 is 20.8 Å². The number of anilines is 2. The smallest absolute Gasteiger partial charge is 0.0955 e. The van der Waals surface area contributed by atoms with Crippen LogP contribution in [-0.2, 0) is 25.0 Å². The maximum absolute atomic E-state index is 5.61. The normalized spacial score (nSPS) is 12.8. The quantitative estimate of drug-likeness (QED) is 0.621. The number of nitrogen functional groups attached to an aromatic ring is 2. The molecule has 0 radical (unpaired) electrons. The molecule has 5 nitrogen and oxygen atoms in total. The number of hydrogen-bond acceptors (Lipinski definition) is 4. The molecule has 1 aromatic heterocycles. The third kappa shape index (κ3) is 2.83. The Bertz CT molecular complexity index is 779. The van der Waals surface area contributed by atoms with Crippen molar-refractivity contribution < 1.29 is 4.74 Å². The molecular weight excluding hydrogens is 264 g/mol. The zero-order chi connectivity index (χ0) is 14.8. The molecule has 0 fully saturated rings. The summed E-state index contributed by atoms with van der Waals surface area (Å²) in [6.45, 7) is 1.47. The van der Waals surface area contributed by atoms with Gasteiger partial charge in [-0.15, -0.1) is 0 Å². The van der Waals surface area contributed by atoms with Gasteiger partial charge in [0, 0.05) is 18.4 Å². The zero-order valence-corrected chi connectivity index (χ0v) is 11.9. The molecule has 1 aliphatic heterocycles. The maximum atomic E-state index is 5.61. The molecule has 0 unspecified atom stereocenters. The van der Waals surface area contributed by atoms with E-state index in [4.69, 9.17) is 16.2 Å². The van der Waals surface area contributed by atoms with Crippen LogP contribution in [-0.4, -0.2) is 9.55 Å². The molecule has 0 bridgehead atoms. The summed E-state index contributed by atoms with van der Waals surface area (Å²) in [6, 6.07) is 11.6. The van der Waals surface area contributed by atoms with E-state index in [2.05, 4.69) is 4.98 Å². The lowest BCUT2D eigenvalue weighted by Gasteiger charge is -1.96. The van der Waals surface area contributed by atoms with Crippen LogP contribution in [0, 0.1) is 0 Å². The summed E-state index contributed by atoms with van der Waals surface area (Å²) in [5, 5.41) is 0. The molecule has 0 saturated heterocycles. The van der Waals surface area contributed by atoms with Gasteiger partial charge in [0.2, 0.25) is 0 Å². The van der Waals surface area contributed by atoms with E-state index in [-0.39, 0.29) is 0 Å². The topological polar surface area (TPSA) is 79.1 Å². The molecule has 4 N–H and O–H groups in total. The van der Waals surface area contributed by atoms with Crippen molar-refractivity contribution in [1.82, 2.24) is 9.55 Å². The van der Waals surface area contributed by atoms with Crippen LogP contribution in [0.1, 0.15) is 11.1 Å². The first-order valence-electron chi connectivity index (χ1n) is 6.75. The van der Waals surface area contributed by atoms with Gasteiger partial charge in [-0.05, 0) is 41.5 Å². The first kappa shape index (κ1) is 13.5. The van der Waals surface area contributed by atoms with E-state index in [1.165, 1.54) is 11.1 Å². The highest BCUT2D eigenvalue weighted by atomic mass is 16.5. The summed E-state index contributed by atoms with van der Waals surface area (Å²) in [5.41, 5.74) is 17.4. The second-order valence-electron chi connectivity index (χ2n) is 5.12. The number of rotatable bonds is 0. The van der Waals surface area contributed by atoms with Gasteiger partial charge in [0.1, 0.15) is 0 Å². The largest absolute Gasteiger partial charge is 0.399 e. The standard InChI is InChI=1S/C8H9N3.C8H9NO/c1-11-5-10-7-3-2-6(9)4-8(7)11;9-8-2-1-6-4-10-5-7(6)3-8/h2-5H,9H2,1H3;1-3H,4-5,9H2. The number of ether oxygens (including phenoxy) is 1. The minimum Gasteiger partial charge on any atom is -0.399 e. The van der Waals surface area contributed by atoms with E-state index < -0.39 is 0 Å². The Labute approximate surface area is 123 Å². The Balaban J connectivity index is 0.000000126. The molecule has 0 aliphatic carbocycles. The van der Waals surface area contributed by atoms with Crippen molar-refractivity contribution in [3.05, 3.63) is 53.9 Å². The van der Waals surface area contributed by atoms with Crippen LogP contribution in [0.4, 0.5) is 11.4 Å². The molecule has 5 heteroatoms. The molecule has 2 aromatic carbocycles. The highest BCUT2D eigenvalue weighted by Gasteiger charge is 2.09. The number of nitrogens with two attached hydrogens (primary N) is 2. The third-order valence-electron chi connectivity index (χ3n) is 3.49. The second kappa shape index (κ2) is 5.46. The Hall–Kier alpha value is -2.53. The van der Waals surface area contributed by atoms with E-state index in [9.17, 15) is 0 Å². The number of nitrogens with zero attached hydrogens (tertiary/aromatic N) is 2. The van der Waals surface area contributed by atoms with Gasteiger partial charge in [0.15, 0.2) is 0 Å². The van der Waals surface area contributed by atoms with Crippen molar-refractivity contribution in [2.24, 2.45) is 7.05 Å². The first-order chi connectivity index (χ1) is 10.1. The van der Waals surface area contributed by atoms with Crippen LogP contribution >= 0.6 is 0 Å². The summed E-state index contributed by atoms with van der Waals surface area (Å²) < 4.78 is 7.16. The second-order valence-corrected chi connectivity index (χ2v) is 5.12. The lowest BCUT2D eigenvalue weighted by molar-refractivity contribution is 0.134. The Morgan fingerprint density at radius 2 is 1.71 bits per heavy atom. The maximum Gasteiger partial charge on any atom is 0.0955 e. The summed E-state index contributed by atoms with van der Waals surface area (Å²) >= 11 is 0. The number of imidazole rings is 1. The van der Waals surface area contributed by atoms with Crippen LogP contribution in [0.5, 0.6) is 0 Å². The van der Waals surface area contributed by atoms with Crippen LogP contribution in [0.3, 0.4) is 0 Å². The Morgan fingerprint density at radius 1 is 1.00 bits per heavy atom. The third-order valence-corrected chi connectivity index (χ3v) is 3.49. The highest BCUT2D eigenvalue weighted by Crippen LogP contribution is 2.21. The van der Waals surface area contributed by atoms with E-state index in [0.29, 0.717) is 0 Å². The molecule has 2 heterocycles. The molecule has 0 atom stereocenters. The predicted molar refractivity (Wildman–Crippen MR) is 84.5 cm³/mol. The van der Waals surface area contributed by atoms with Crippen LogP contribution in [0.2, 0.25) is 0 Å². The van der Waals surface area contributed by atoms with Gasteiger partial charge >= 0.3 is 0 Å². The molecule has 0 spiro atoms. The number of hydrogen-bond donors (Lipinski definition) is 2. The first-order valence-corrected chi connectivity index (χ1v) is 6.75. The van der Waals surface area contributed by atoms with E-state index in [1.807, 2.05) is 48.0 Å². The van der Waals surface area contributed by atoms with E-state index >= 15 is 0 Å². The molecule has 0 amide bonds. The molecular formula is C16H18N4O. The van der Waals surface area contributed by atoms with Crippen molar-refractivity contribution in [3.63, 3.8) is 0 Å². The summed E-state index contributed by atoms with van der Waals surface area (Å²) in [6.07, 6.45) is 1.78. The van der Waals surface area contributed by atoms with Gasteiger partial charge in [-0.25, -0.2) is 4.98 Å². The number of fused-ring (bicyclic) bond motifs is 2. The molecule has 21 heavy (non-hydrogen) atoms. The van der Waals surface area contributed by atoms with E-state index in [1.54, 1.807) is 6.33 Å². The van der Waals surface area contributed by atoms with Crippen molar-refractivity contribution in [3.8, 4) is 0 Å². The zero-order valence-electron chi connectivity index (χ0n) is 11.9. The van der Waals surface area contributed by atoms with Gasteiger partial charge in [0.25, 0.3) is 0 Å². The number of aryl methyl sites for hydroxylation is 1. The summed E-state index contributed by atoms with van der Waals surface area (Å²) in [5.74, 6) is 0. The lowest BCUT2D eigenvalue weighted by Crippen LogP contribution is -1.87. The monoisotopic (exact) mass is 282 g/mol. The summed E-state index contributed by atoms with van der Waals surface area (Å²) in [7, 11) is 1.95. The summed E-state index contributed by atoms with van der Waals surface area (Å²) in [4.78, 5) is 4.17. The van der Waals surface area contributed by atoms with Crippen molar-refractivity contribution in [2.75, 3.05) is 11.5 Å². The average Bonchev–Trinajstić information content (AvgIpc) is 3.06. The lowest BCUT2D eigenvalue weighted by atomic mass is 10.1. The van der Waals surface area contributed by atoms with Gasteiger partial charge in [0.05, 0.1) is 30.6 Å². The van der Waals surface area contributed by atoms with Crippen molar-refractivity contribution in [2.45, 2.75) is 13.2 Å². The fraction of sp³-hybridized carbons (Fsp3) is 0.188. The van der Waals surface area contributed by atoms with Crippen LogP contribution in [0.15, 0.2) is 42.7 Å². The molecule has 0 saturated carbocycles. The molecule has 4 rings (SSSR count). The van der Waals surface area contributed by atoms with Crippen LogP contribution < -0.4 is 11.5 Å². The SMILES string of the molecule is Cn1cnc2ccc(N)cc21.Nc1ccc2c(c1)COC2. The minimum atomic E-state index is 0.723. The van der Waals surface area contributed by atoms with Crippen molar-refractivity contribution >= 4 is 22.4 Å². The van der Waals surface area contributed by atoms with Crippen LogP contribution in [0.25, 0.3) is 11.0 Å². The molecule has 108 valence electrons.